The van der Waals surface area contributed by atoms with Crippen LogP contribution in [0.15, 0.2) is 83.2 Å². The number of thiophene rings is 1. The lowest BCUT2D eigenvalue weighted by Gasteiger charge is -2.27. The van der Waals surface area contributed by atoms with Gasteiger partial charge in [0, 0.05) is 57.5 Å². The Morgan fingerprint density at radius 2 is 1.89 bits per heavy atom. The lowest BCUT2D eigenvalue weighted by atomic mass is 9.95. The molecule has 0 atom stereocenters. The molecule has 5 heterocycles. The standard InChI is InChI=1S/C39H38ClN7O5S/c1-3-50-34(48)15-6-7-19-52-45-36(28-12-9-17-41-21-28)27-11-8-10-26(20-27)24-51-39(49)46-18-16-30-32(23-46)53-38-35(30)37(29-13-4-5-14-31(29)40)42-22-33-44-43-25(2)47(33)38/h4-5,8-14,17,20-21H,3,6-7,15-16,18-19,22-24H2,1-2H3/b45-36+. The summed E-state index contributed by atoms with van der Waals surface area (Å²) in [6.07, 6.45) is 5.31. The number of hydrogen-bond donors (Lipinski definition) is 0. The first-order valence-electron chi connectivity index (χ1n) is 17.5. The number of rotatable bonds is 12. The van der Waals surface area contributed by atoms with Crippen LogP contribution in [0.1, 0.15) is 76.1 Å². The number of pyridine rings is 1. The predicted molar refractivity (Wildman–Crippen MR) is 202 cm³/mol. The van der Waals surface area contributed by atoms with Gasteiger partial charge in [-0.2, -0.15) is 0 Å². The van der Waals surface area contributed by atoms with Gasteiger partial charge in [-0.1, -0.05) is 53.2 Å². The molecule has 272 valence electrons. The van der Waals surface area contributed by atoms with Crippen LogP contribution in [0.4, 0.5) is 4.79 Å². The van der Waals surface area contributed by atoms with E-state index < -0.39 is 6.09 Å². The second-order valence-corrected chi connectivity index (χ2v) is 14.0. The number of aryl methyl sites for hydroxylation is 1. The van der Waals surface area contributed by atoms with Crippen molar-refractivity contribution < 1.29 is 23.9 Å². The molecule has 53 heavy (non-hydrogen) atoms. The number of benzene rings is 2. The van der Waals surface area contributed by atoms with Gasteiger partial charge in [0.15, 0.2) is 5.82 Å². The van der Waals surface area contributed by atoms with Crippen LogP contribution in [0, 0.1) is 6.92 Å². The van der Waals surface area contributed by atoms with Gasteiger partial charge in [0.25, 0.3) is 0 Å². The molecule has 0 aliphatic carbocycles. The summed E-state index contributed by atoms with van der Waals surface area (Å²) < 4.78 is 12.9. The molecule has 7 rings (SSSR count). The average molecular weight is 752 g/mol. The van der Waals surface area contributed by atoms with Gasteiger partial charge in [0.1, 0.15) is 36.3 Å². The number of esters is 1. The summed E-state index contributed by atoms with van der Waals surface area (Å²) in [6.45, 7) is 5.82. The summed E-state index contributed by atoms with van der Waals surface area (Å²) in [5, 5.41) is 14.8. The van der Waals surface area contributed by atoms with Gasteiger partial charge in [-0.3, -0.25) is 19.3 Å². The average Bonchev–Trinajstić information content (AvgIpc) is 3.68. The SMILES string of the molecule is CCOC(=O)CCCCO/N=C(/c1cccnc1)c1cccc(COC(=O)N2CCc3c(sc4c3C(c3ccccc3Cl)=NCc3nnc(C)n3-4)C2)c1. The van der Waals surface area contributed by atoms with Crippen molar-refractivity contribution in [3.63, 3.8) is 0 Å². The van der Waals surface area contributed by atoms with E-state index in [9.17, 15) is 9.59 Å². The van der Waals surface area contributed by atoms with E-state index in [4.69, 9.17) is 30.9 Å². The number of aromatic nitrogens is 4. The number of oxime groups is 1. The fourth-order valence-electron chi connectivity index (χ4n) is 6.42. The number of aliphatic imine (C=N–C) groups is 1. The third-order valence-electron chi connectivity index (χ3n) is 8.96. The summed E-state index contributed by atoms with van der Waals surface area (Å²) >= 11 is 8.33. The molecule has 0 radical (unpaired) electrons. The van der Waals surface area contributed by atoms with Crippen molar-refractivity contribution in [3.8, 4) is 5.00 Å². The molecular weight excluding hydrogens is 714 g/mol. The largest absolute Gasteiger partial charge is 0.466 e. The summed E-state index contributed by atoms with van der Waals surface area (Å²) in [5.74, 6) is 1.33. The third-order valence-corrected chi connectivity index (χ3v) is 10.5. The van der Waals surface area contributed by atoms with Crippen molar-refractivity contribution in [2.45, 2.75) is 59.2 Å². The summed E-state index contributed by atoms with van der Waals surface area (Å²) in [5.41, 5.74) is 6.86. The summed E-state index contributed by atoms with van der Waals surface area (Å²) in [7, 11) is 0. The molecule has 2 aromatic carbocycles. The van der Waals surface area contributed by atoms with E-state index in [0.717, 1.165) is 60.6 Å². The number of carbonyl (C=O) groups is 2. The highest BCUT2D eigenvalue weighted by molar-refractivity contribution is 7.15. The molecule has 3 aromatic heterocycles. The highest BCUT2D eigenvalue weighted by Gasteiger charge is 2.33. The molecule has 0 fully saturated rings. The normalized spacial score (nSPS) is 13.7. The van der Waals surface area contributed by atoms with E-state index in [2.05, 4.69) is 24.9 Å². The van der Waals surface area contributed by atoms with Gasteiger partial charge in [-0.15, -0.1) is 21.5 Å². The van der Waals surface area contributed by atoms with Crippen LogP contribution in [-0.2, 0) is 45.2 Å². The van der Waals surface area contributed by atoms with Gasteiger partial charge in [0.2, 0.25) is 0 Å². The van der Waals surface area contributed by atoms with Crippen LogP contribution < -0.4 is 0 Å². The Labute approximate surface area is 316 Å². The molecule has 0 bridgehead atoms. The van der Waals surface area contributed by atoms with E-state index in [1.807, 2.05) is 67.6 Å². The van der Waals surface area contributed by atoms with Gasteiger partial charge in [0.05, 0.1) is 18.9 Å². The van der Waals surface area contributed by atoms with Crippen LogP contribution in [0.3, 0.4) is 0 Å². The Hall–Kier alpha value is -5.40. The third kappa shape index (κ3) is 8.01. The highest BCUT2D eigenvalue weighted by Crippen LogP contribution is 2.40. The van der Waals surface area contributed by atoms with Crippen LogP contribution in [0.5, 0.6) is 0 Å². The molecule has 0 spiro atoms. The molecular formula is C39H38ClN7O5S. The molecule has 1 amide bonds. The van der Waals surface area contributed by atoms with E-state index in [1.54, 1.807) is 35.6 Å². The van der Waals surface area contributed by atoms with Crippen LogP contribution in [-0.4, -0.2) is 67.9 Å². The zero-order valence-corrected chi connectivity index (χ0v) is 31.0. The number of carbonyl (C=O) groups excluding carboxylic acids is 2. The Bertz CT molecular complexity index is 2180. The van der Waals surface area contributed by atoms with Crippen molar-refractivity contribution in [3.05, 3.63) is 128 Å². The number of fused-ring (bicyclic) bond motifs is 5. The van der Waals surface area contributed by atoms with Crippen molar-refractivity contribution in [1.29, 1.82) is 0 Å². The molecule has 0 N–H and O–H groups in total. The minimum atomic E-state index is -0.391. The van der Waals surface area contributed by atoms with Crippen molar-refractivity contribution >= 4 is 46.4 Å². The molecule has 2 aliphatic rings. The van der Waals surface area contributed by atoms with Crippen LogP contribution in [0.2, 0.25) is 5.02 Å². The zero-order valence-electron chi connectivity index (χ0n) is 29.5. The van der Waals surface area contributed by atoms with Gasteiger partial charge < -0.3 is 19.2 Å². The summed E-state index contributed by atoms with van der Waals surface area (Å²) in [4.78, 5) is 42.9. The number of amides is 1. The predicted octanol–water partition coefficient (Wildman–Crippen LogP) is 7.23. The minimum absolute atomic E-state index is 0.0819. The first-order chi connectivity index (χ1) is 25.9. The number of nitrogens with zero attached hydrogens (tertiary/aromatic N) is 7. The van der Waals surface area contributed by atoms with Gasteiger partial charge in [-0.25, -0.2) is 4.79 Å². The number of hydrogen-bond acceptors (Lipinski definition) is 11. The molecule has 2 aliphatic heterocycles. The van der Waals surface area contributed by atoms with Crippen LogP contribution in [0.25, 0.3) is 5.00 Å². The number of unbranched alkanes of at least 4 members (excludes halogenated alkanes) is 1. The summed E-state index contributed by atoms with van der Waals surface area (Å²) in [6, 6.07) is 19.2. The van der Waals surface area contributed by atoms with Crippen molar-refractivity contribution in [1.82, 2.24) is 24.6 Å². The first-order valence-corrected chi connectivity index (χ1v) is 18.7. The maximum absolute atomic E-state index is 13.5. The molecule has 5 aromatic rings. The fraction of sp³-hybridized carbons (Fsp3) is 0.308. The van der Waals surface area contributed by atoms with Gasteiger partial charge >= 0.3 is 12.1 Å². The lowest BCUT2D eigenvalue weighted by molar-refractivity contribution is -0.143. The quantitative estimate of drug-likeness (QED) is 0.0564. The van der Waals surface area contributed by atoms with Crippen molar-refractivity contribution in [2.75, 3.05) is 19.8 Å². The Kier molecular flexibility index (Phi) is 11.2. The monoisotopic (exact) mass is 751 g/mol. The van der Waals surface area contributed by atoms with Gasteiger partial charge in [-0.05, 0) is 68.5 Å². The van der Waals surface area contributed by atoms with E-state index in [0.29, 0.717) is 69.3 Å². The molecule has 12 nitrogen and oxygen atoms in total. The number of ether oxygens (including phenoxy) is 2. The highest BCUT2D eigenvalue weighted by atomic mass is 35.5. The second-order valence-electron chi connectivity index (χ2n) is 12.5. The first kappa shape index (κ1) is 36.0. The Morgan fingerprint density at radius 3 is 2.72 bits per heavy atom. The lowest BCUT2D eigenvalue weighted by Crippen LogP contribution is -2.36. The Balaban J connectivity index is 1.05. The molecule has 0 saturated carbocycles. The number of halogens is 1. The maximum atomic E-state index is 13.5. The fourth-order valence-corrected chi connectivity index (χ4v) is 8.08. The second kappa shape index (κ2) is 16.5. The van der Waals surface area contributed by atoms with E-state index in [-0.39, 0.29) is 12.6 Å². The molecule has 14 heteroatoms. The minimum Gasteiger partial charge on any atom is -0.466 e. The Morgan fingerprint density at radius 1 is 1.02 bits per heavy atom. The maximum Gasteiger partial charge on any atom is 0.410 e. The van der Waals surface area contributed by atoms with Crippen molar-refractivity contribution in [2.24, 2.45) is 10.1 Å². The molecule has 0 unspecified atom stereocenters. The van der Waals surface area contributed by atoms with E-state index >= 15 is 0 Å². The van der Waals surface area contributed by atoms with Crippen LogP contribution >= 0.6 is 22.9 Å². The smallest absolute Gasteiger partial charge is 0.410 e. The van der Waals surface area contributed by atoms with E-state index in [1.165, 1.54) is 0 Å². The molecule has 0 saturated heterocycles. The zero-order chi connectivity index (χ0) is 36.7. The topological polar surface area (TPSA) is 133 Å².